The summed E-state index contributed by atoms with van der Waals surface area (Å²) in [5.74, 6) is 0.285. The number of sulfonamides is 1. The molecule has 0 atom stereocenters. The lowest BCUT2D eigenvalue weighted by molar-refractivity contribution is -0.118. The number of aryl methyl sites for hydroxylation is 3. The topological polar surface area (TPSA) is 75.7 Å². The van der Waals surface area contributed by atoms with Crippen LogP contribution in [0.25, 0.3) is 0 Å². The van der Waals surface area contributed by atoms with E-state index in [9.17, 15) is 13.2 Å². The van der Waals surface area contributed by atoms with E-state index >= 15 is 0 Å². The Bertz CT molecular complexity index is 976. The number of anilines is 1. The van der Waals surface area contributed by atoms with Crippen LogP contribution in [0.3, 0.4) is 0 Å². The second kappa shape index (κ2) is 9.41. The predicted molar refractivity (Wildman–Crippen MR) is 116 cm³/mol. The molecule has 0 aromatic heterocycles. The molecule has 2 rings (SSSR count). The second-order valence-corrected chi connectivity index (χ2v) is 9.10. The second-order valence-electron chi connectivity index (χ2n) is 7.16. The molecule has 1 N–H and O–H groups in total. The molecule has 0 radical (unpaired) electrons. The normalized spacial score (nSPS) is 11.6. The molecular weight excluding hydrogens is 388 g/mol. The predicted octanol–water partition coefficient (Wildman–Crippen LogP) is 3.97. The number of amides is 1. The summed E-state index contributed by atoms with van der Waals surface area (Å²) in [5.41, 5.74) is 4.21. The fourth-order valence-electron chi connectivity index (χ4n) is 3.17. The minimum Gasteiger partial charge on any atom is -0.484 e. The standard InChI is InChI=1S/C22H30N2O4S/c1-7-24(8-2)29(26,27)20-12-17(5)18(6)21(13-20)23-22(25)14-28-19-10-15(3)9-16(4)11-19/h9-13H,7-8,14H2,1-6H3,(H,23,25). The van der Waals surface area contributed by atoms with Crippen molar-refractivity contribution in [3.63, 3.8) is 0 Å². The highest BCUT2D eigenvalue weighted by Gasteiger charge is 2.23. The van der Waals surface area contributed by atoms with Gasteiger partial charge in [0.05, 0.1) is 4.90 Å². The summed E-state index contributed by atoms with van der Waals surface area (Å²) in [5, 5.41) is 2.79. The van der Waals surface area contributed by atoms with Crippen molar-refractivity contribution < 1.29 is 17.9 Å². The molecule has 0 fully saturated rings. The molecule has 0 spiro atoms. The number of benzene rings is 2. The largest absolute Gasteiger partial charge is 0.484 e. The van der Waals surface area contributed by atoms with Gasteiger partial charge in [-0.05, 0) is 74.2 Å². The molecule has 0 saturated heterocycles. The van der Waals surface area contributed by atoms with E-state index in [0.717, 1.165) is 22.3 Å². The van der Waals surface area contributed by atoms with Crippen LogP contribution in [0.5, 0.6) is 5.75 Å². The highest BCUT2D eigenvalue weighted by Crippen LogP contribution is 2.26. The summed E-state index contributed by atoms with van der Waals surface area (Å²) >= 11 is 0. The van der Waals surface area contributed by atoms with Crippen molar-refractivity contribution in [3.05, 3.63) is 52.6 Å². The maximum atomic E-state index is 12.9. The monoisotopic (exact) mass is 418 g/mol. The molecule has 29 heavy (non-hydrogen) atoms. The molecule has 2 aromatic carbocycles. The minimum absolute atomic E-state index is 0.158. The summed E-state index contributed by atoms with van der Waals surface area (Å²) in [6.07, 6.45) is 0. The lowest BCUT2D eigenvalue weighted by Gasteiger charge is -2.20. The molecule has 7 heteroatoms. The van der Waals surface area contributed by atoms with Crippen molar-refractivity contribution in [1.29, 1.82) is 0 Å². The molecule has 158 valence electrons. The van der Waals surface area contributed by atoms with E-state index in [4.69, 9.17) is 4.74 Å². The van der Waals surface area contributed by atoms with Gasteiger partial charge in [0, 0.05) is 18.8 Å². The number of rotatable bonds is 8. The van der Waals surface area contributed by atoms with Crippen molar-refractivity contribution in [2.24, 2.45) is 0 Å². The summed E-state index contributed by atoms with van der Waals surface area (Å²) in [6.45, 7) is 11.8. The first-order valence-corrected chi connectivity index (χ1v) is 11.1. The fourth-order valence-corrected chi connectivity index (χ4v) is 4.74. The van der Waals surface area contributed by atoms with Crippen molar-refractivity contribution in [2.75, 3.05) is 25.0 Å². The van der Waals surface area contributed by atoms with Gasteiger partial charge >= 0.3 is 0 Å². The molecule has 0 aliphatic heterocycles. The van der Waals surface area contributed by atoms with Crippen molar-refractivity contribution in [1.82, 2.24) is 4.31 Å². The number of carbonyl (C=O) groups excluding carboxylic acids is 1. The van der Waals surface area contributed by atoms with Crippen molar-refractivity contribution in [3.8, 4) is 5.75 Å². The molecule has 1 amide bonds. The van der Waals surface area contributed by atoms with Gasteiger partial charge in [-0.3, -0.25) is 4.79 Å². The van der Waals surface area contributed by atoms with Crippen LogP contribution in [0.1, 0.15) is 36.1 Å². The highest BCUT2D eigenvalue weighted by molar-refractivity contribution is 7.89. The van der Waals surface area contributed by atoms with Gasteiger partial charge in [0.25, 0.3) is 5.91 Å². The van der Waals surface area contributed by atoms with E-state index in [1.165, 1.54) is 10.4 Å². The Labute approximate surface area is 173 Å². The lowest BCUT2D eigenvalue weighted by atomic mass is 10.1. The van der Waals surface area contributed by atoms with Crippen LogP contribution in [0.2, 0.25) is 0 Å². The molecule has 0 unspecified atom stereocenters. The highest BCUT2D eigenvalue weighted by atomic mass is 32.2. The Hall–Kier alpha value is -2.38. The summed E-state index contributed by atoms with van der Waals surface area (Å²) in [7, 11) is -3.61. The third-order valence-electron chi connectivity index (χ3n) is 4.82. The number of nitrogens with one attached hydrogen (secondary N) is 1. The van der Waals surface area contributed by atoms with Gasteiger partial charge in [-0.2, -0.15) is 4.31 Å². The van der Waals surface area contributed by atoms with Crippen LogP contribution in [0, 0.1) is 27.7 Å². The first kappa shape index (κ1) is 22.9. The number of ether oxygens (including phenoxy) is 1. The number of carbonyl (C=O) groups is 1. The van der Waals surface area contributed by atoms with Crippen molar-refractivity contribution >= 4 is 21.6 Å². The molecular formula is C22H30N2O4S. The van der Waals surface area contributed by atoms with E-state index in [2.05, 4.69) is 5.32 Å². The molecule has 6 nitrogen and oxygen atoms in total. The summed E-state index contributed by atoms with van der Waals surface area (Å²) in [6, 6.07) is 8.93. The molecule has 0 aliphatic carbocycles. The quantitative estimate of drug-likeness (QED) is 0.704. The molecule has 0 bridgehead atoms. The zero-order chi connectivity index (χ0) is 21.8. The number of hydrogen-bond acceptors (Lipinski definition) is 4. The molecule has 2 aromatic rings. The Kier molecular flexibility index (Phi) is 7.43. The summed E-state index contributed by atoms with van der Waals surface area (Å²) in [4.78, 5) is 12.6. The van der Waals surface area contributed by atoms with Gasteiger partial charge in [0.15, 0.2) is 6.61 Å². The van der Waals surface area contributed by atoms with Gasteiger partial charge in [-0.25, -0.2) is 8.42 Å². The first-order chi connectivity index (χ1) is 13.6. The van der Waals surface area contributed by atoms with E-state index in [0.29, 0.717) is 24.5 Å². The Balaban J connectivity index is 2.21. The SMILES string of the molecule is CCN(CC)S(=O)(=O)c1cc(C)c(C)c(NC(=O)COc2cc(C)cc(C)c2)c1. The van der Waals surface area contributed by atoms with Crippen LogP contribution in [-0.2, 0) is 14.8 Å². The van der Waals surface area contributed by atoms with Gasteiger partial charge in [-0.1, -0.05) is 19.9 Å². The van der Waals surface area contributed by atoms with Crippen LogP contribution >= 0.6 is 0 Å². The fraction of sp³-hybridized carbons (Fsp3) is 0.409. The van der Waals surface area contributed by atoms with E-state index < -0.39 is 10.0 Å². The van der Waals surface area contributed by atoms with Crippen LogP contribution in [0.4, 0.5) is 5.69 Å². The molecule has 0 saturated carbocycles. The van der Waals surface area contributed by atoms with Gasteiger partial charge in [-0.15, -0.1) is 0 Å². The van der Waals surface area contributed by atoms with E-state index in [1.54, 1.807) is 19.9 Å². The van der Waals surface area contributed by atoms with E-state index in [-0.39, 0.29) is 17.4 Å². The Morgan fingerprint density at radius 2 is 1.55 bits per heavy atom. The van der Waals surface area contributed by atoms with Crippen LogP contribution < -0.4 is 10.1 Å². The first-order valence-electron chi connectivity index (χ1n) is 9.70. The summed E-state index contributed by atoms with van der Waals surface area (Å²) < 4.78 is 32.7. The van der Waals surface area contributed by atoms with Crippen LogP contribution in [0.15, 0.2) is 35.2 Å². The van der Waals surface area contributed by atoms with Crippen LogP contribution in [-0.4, -0.2) is 38.3 Å². The zero-order valence-corrected chi connectivity index (χ0v) is 18.8. The molecule has 0 aliphatic rings. The number of nitrogens with zero attached hydrogens (tertiary/aromatic N) is 1. The smallest absolute Gasteiger partial charge is 0.262 e. The minimum atomic E-state index is -3.61. The average Bonchev–Trinajstić information content (AvgIpc) is 2.63. The lowest BCUT2D eigenvalue weighted by Crippen LogP contribution is -2.31. The van der Waals surface area contributed by atoms with Crippen molar-refractivity contribution in [2.45, 2.75) is 46.4 Å². The molecule has 0 heterocycles. The maximum Gasteiger partial charge on any atom is 0.262 e. The average molecular weight is 419 g/mol. The zero-order valence-electron chi connectivity index (χ0n) is 18.0. The maximum absolute atomic E-state index is 12.9. The van der Waals surface area contributed by atoms with E-state index in [1.807, 2.05) is 45.9 Å². The van der Waals surface area contributed by atoms with Gasteiger partial charge < -0.3 is 10.1 Å². The van der Waals surface area contributed by atoms with Gasteiger partial charge in [0.1, 0.15) is 5.75 Å². The van der Waals surface area contributed by atoms with Gasteiger partial charge in [0.2, 0.25) is 10.0 Å². The number of hydrogen-bond donors (Lipinski definition) is 1. The third-order valence-corrected chi connectivity index (χ3v) is 6.85. The Morgan fingerprint density at radius 3 is 2.10 bits per heavy atom. The third kappa shape index (κ3) is 5.58. The Morgan fingerprint density at radius 1 is 0.966 bits per heavy atom.